The van der Waals surface area contributed by atoms with Crippen LogP contribution in [0.4, 0.5) is 13.2 Å². The summed E-state index contributed by atoms with van der Waals surface area (Å²) >= 11 is 0. The summed E-state index contributed by atoms with van der Waals surface area (Å²) in [7, 11) is -3.88. The predicted octanol–water partition coefficient (Wildman–Crippen LogP) is 3.59. The fourth-order valence-corrected chi connectivity index (χ4v) is 5.22. The van der Waals surface area contributed by atoms with Gasteiger partial charge in [0.15, 0.2) is 11.5 Å². The normalized spacial score (nSPS) is 19.0. The summed E-state index contributed by atoms with van der Waals surface area (Å²) in [6.45, 7) is 3.25. The van der Waals surface area contributed by atoms with Crippen molar-refractivity contribution in [1.29, 1.82) is 0 Å². The van der Waals surface area contributed by atoms with E-state index in [9.17, 15) is 26.4 Å². The number of alkyl halides is 3. The van der Waals surface area contributed by atoms with Crippen LogP contribution in [0.15, 0.2) is 33.7 Å². The van der Waals surface area contributed by atoms with Crippen LogP contribution in [-0.4, -0.2) is 36.8 Å². The van der Waals surface area contributed by atoms with Gasteiger partial charge in [0, 0.05) is 24.6 Å². The lowest BCUT2D eigenvalue weighted by molar-refractivity contribution is -0.137. The molecule has 6 nitrogen and oxygen atoms in total. The molecule has 0 bridgehead atoms. The average Bonchev–Trinajstić information content (AvgIpc) is 2.99. The highest BCUT2D eigenvalue weighted by atomic mass is 32.2. The second-order valence-electron chi connectivity index (χ2n) is 6.79. The van der Waals surface area contributed by atoms with Crippen molar-refractivity contribution >= 4 is 15.8 Å². The van der Waals surface area contributed by atoms with Crippen LogP contribution in [0.25, 0.3) is 0 Å². The van der Waals surface area contributed by atoms with Crippen LogP contribution < -0.4 is 0 Å². The van der Waals surface area contributed by atoms with Crippen LogP contribution in [0.1, 0.15) is 40.2 Å². The third kappa shape index (κ3) is 3.83. The fraction of sp³-hybridized carbons (Fsp3) is 0.444. The molecule has 0 spiro atoms. The number of hydrogen-bond acceptors (Lipinski definition) is 5. The van der Waals surface area contributed by atoms with E-state index in [-0.39, 0.29) is 40.8 Å². The van der Waals surface area contributed by atoms with Gasteiger partial charge in [0.25, 0.3) is 0 Å². The molecule has 0 saturated carbocycles. The van der Waals surface area contributed by atoms with Crippen molar-refractivity contribution in [2.24, 2.45) is 5.92 Å². The summed E-state index contributed by atoms with van der Waals surface area (Å²) in [6.07, 6.45) is -3.54. The molecule has 1 aliphatic heterocycles. The second-order valence-corrected chi connectivity index (χ2v) is 8.67. The van der Waals surface area contributed by atoms with Gasteiger partial charge in [-0.1, -0.05) is 17.3 Å². The van der Waals surface area contributed by atoms with Gasteiger partial charge in [-0.25, -0.2) is 8.42 Å². The van der Waals surface area contributed by atoms with Gasteiger partial charge in [0.2, 0.25) is 10.0 Å². The first kappa shape index (κ1) is 20.5. The van der Waals surface area contributed by atoms with E-state index in [1.54, 1.807) is 0 Å². The molecule has 0 N–H and O–H groups in total. The number of nitrogens with zero attached hydrogens (tertiary/aromatic N) is 2. The summed E-state index contributed by atoms with van der Waals surface area (Å²) in [5.74, 6) is -0.818. The Hall–Kier alpha value is -2.20. The van der Waals surface area contributed by atoms with Crippen LogP contribution in [0.3, 0.4) is 0 Å². The molecule has 0 amide bonds. The smallest absolute Gasteiger partial charge is 0.360 e. The molecule has 2 aromatic rings. The second kappa shape index (κ2) is 7.32. The standard InChI is InChI=1S/C18H19F3N2O4S/c1-11-17(12(2)27-22-11)28(25,26)23-9-3-4-14(10-23)16(24)13-5-7-15(8-6-13)18(19,20)21/h5-8,14H,3-4,9-10H2,1-2H3. The molecule has 1 atom stereocenters. The van der Waals surface area contributed by atoms with E-state index in [1.165, 1.54) is 18.2 Å². The maximum atomic E-state index is 12.9. The van der Waals surface area contributed by atoms with Crippen LogP contribution >= 0.6 is 0 Å². The molecule has 1 aromatic heterocycles. The molecule has 10 heteroatoms. The topological polar surface area (TPSA) is 80.5 Å². The van der Waals surface area contributed by atoms with Crippen LogP contribution in [0, 0.1) is 19.8 Å². The Labute approximate surface area is 160 Å². The monoisotopic (exact) mass is 416 g/mol. The lowest BCUT2D eigenvalue weighted by Crippen LogP contribution is -2.42. The van der Waals surface area contributed by atoms with Gasteiger partial charge in [0.05, 0.1) is 5.56 Å². The molecular formula is C18H19F3N2O4S. The van der Waals surface area contributed by atoms with E-state index >= 15 is 0 Å². The van der Waals surface area contributed by atoms with E-state index in [0.717, 1.165) is 24.3 Å². The molecule has 0 aliphatic carbocycles. The third-order valence-corrected chi connectivity index (χ3v) is 6.93. The molecule has 152 valence electrons. The van der Waals surface area contributed by atoms with Gasteiger partial charge in [-0.05, 0) is 38.8 Å². The summed E-state index contributed by atoms with van der Waals surface area (Å²) in [5, 5.41) is 3.67. The van der Waals surface area contributed by atoms with Gasteiger partial charge in [-0.2, -0.15) is 17.5 Å². The van der Waals surface area contributed by atoms with Crippen LogP contribution in [0.5, 0.6) is 0 Å². The van der Waals surface area contributed by atoms with E-state index in [1.807, 2.05) is 0 Å². The Morgan fingerprint density at radius 1 is 1.21 bits per heavy atom. The zero-order valence-electron chi connectivity index (χ0n) is 15.3. The molecule has 1 fully saturated rings. The Kier molecular flexibility index (Phi) is 5.37. The van der Waals surface area contributed by atoms with Crippen molar-refractivity contribution in [3.05, 3.63) is 46.8 Å². The Balaban J connectivity index is 1.80. The van der Waals surface area contributed by atoms with Crippen LogP contribution in [-0.2, 0) is 16.2 Å². The minimum absolute atomic E-state index is 0.00451. The first-order valence-corrected chi connectivity index (χ1v) is 10.1. The molecule has 1 saturated heterocycles. The van der Waals surface area contributed by atoms with Gasteiger partial charge < -0.3 is 4.52 Å². The predicted molar refractivity (Wildman–Crippen MR) is 93.2 cm³/mol. The van der Waals surface area contributed by atoms with Crippen molar-refractivity contribution in [1.82, 2.24) is 9.46 Å². The number of halogens is 3. The average molecular weight is 416 g/mol. The number of ketones is 1. The number of carbonyl (C=O) groups is 1. The maximum Gasteiger partial charge on any atom is 0.416 e. The van der Waals surface area contributed by atoms with E-state index in [0.29, 0.717) is 12.8 Å². The highest BCUT2D eigenvalue weighted by Gasteiger charge is 2.37. The van der Waals surface area contributed by atoms with E-state index in [4.69, 9.17) is 4.52 Å². The Bertz CT molecular complexity index is 962. The largest absolute Gasteiger partial charge is 0.416 e. The van der Waals surface area contributed by atoms with Crippen molar-refractivity contribution in [3.63, 3.8) is 0 Å². The number of benzene rings is 1. The van der Waals surface area contributed by atoms with E-state index < -0.39 is 27.7 Å². The van der Waals surface area contributed by atoms with E-state index in [2.05, 4.69) is 5.16 Å². The lowest BCUT2D eigenvalue weighted by atomic mass is 9.90. The Morgan fingerprint density at radius 2 is 1.86 bits per heavy atom. The van der Waals surface area contributed by atoms with Crippen molar-refractivity contribution in [2.75, 3.05) is 13.1 Å². The molecule has 28 heavy (non-hydrogen) atoms. The van der Waals surface area contributed by atoms with Gasteiger partial charge in [-0.15, -0.1) is 0 Å². The summed E-state index contributed by atoms with van der Waals surface area (Å²) in [5.41, 5.74) is -0.460. The molecule has 1 aromatic carbocycles. The molecule has 1 aliphatic rings. The molecule has 0 radical (unpaired) electrons. The quantitative estimate of drug-likeness (QED) is 0.712. The number of hydrogen-bond donors (Lipinski definition) is 0. The molecule has 3 rings (SSSR count). The lowest BCUT2D eigenvalue weighted by Gasteiger charge is -2.31. The minimum atomic E-state index is -4.48. The summed E-state index contributed by atoms with van der Waals surface area (Å²) in [4.78, 5) is 12.7. The highest BCUT2D eigenvalue weighted by Crippen LogP contribution is 2.31. The maximum absolute atomic E-state index is 12.9. The zero-order valence-corrected chi connectivity index (χ0v) is 16.1. The number of Topliss-reactive ketones (excluding diaryl/α,β-unsaturated/α-hetero) is 1. The fourth-order valence-electron chi connectivity index (χ4n) is 3.41. The number of rotatable bonds is 4. The SMILES string of the molecule is Cc1noc(C)c1S(=O)(=O)N1CCCC(C(=O)c2ccc(C(F)(F)F)cc2)C1. The van der Waals surface area contributed by atoms with Gasteiger partial charge >= 0.3 is 6.18 Å². The number of aryl methyl sites for hydroxylation is 2. The molecular weight excluding hydrogens is 397 g/mol. The van der Waals surface area contributed by atoms with Crippen LogP contribution in [0.2, 0.25) is 0 Å². The first-order valence-electron chi connectivity index (χ1n) is 8.66. The molecule has 2 heterocycles. The van der Waals surface area contributed by atoms with Crippen molar-refractivity contribution < 1.29 is 30.9 Å². The third-order valence-electron chi connectivity index (χ3n) is 4.82. The summed E-state index contributed by atoms with van der Waals surface area (Å²) < 4.78 is 70.1. The number of carbonyl (C=O) groups excluding carboxylic acids is 1. The molecule has 1 unspecified atom stereocenters. The number of piperidine rings is 1. The number of sulfonamides is 1. The first-order chi connectivity index (χ1) is 13.0. The van der Waals surface area contributed by atoms with Gasteiger partial charge in [0.1, 0.15) is 10.6 Å². The minimum Gasteiger partial charge on any atom is -0.360 e. The summed E-state index contributed by atoms with van der Waals surface area (Å²) in [6, 6.07) is 3.97. The number of aromatic nitrogens is 1. The zero-order chi connectivity index (χ0) is 20.7. The van der Waals surface area contributed by atoms with Crippen molar-refractivity contribution in [2.45, 2.75) is 37.8 Å². The Morgan fingerprint density at radius 3 is 2.39 bits per heavy atom. The highest BCUT2D eigenvalue weighted by molar-refractivity contribution is 7.89. The van der Waals surface area contributed by atoms with Gasteiger partial charge in [-0.3, -0.25) is 4.79 Å². The van der Waals surface area contributed by atoms with Crippen molar-refractivity contribution in [3.8, 4) is 0 Å².